The fourth-order valence-corrected chi connectivity index (χ4v) is 6.45. The highest BCUT2D eigenvalue weighted by molar-refractivity contribution is 7.80. The summed E-state index contributed by atoms with van der Waals surface area (Å²) in [4.78, 5) is 34.1. The van der Waals surface area contributed by atoms with E-state index >= 15 is 0 Å². The average molecular weight is 636 g/mol. The molecule has 246 valence electrons. The molecule has 2 aliphatic rings. The van der Waals surface area contributed by atoms with Gasteiger partial charge in [0.1, 0.15) is 10.8 Å². The number of para-hydroxylation sites is 2. The van der Waals surface area contributed by atoms with E-state index in [2.05, 4.69) is 34.5 Å². The van der Waals surface area contributed by atoms with Crippen LogP contribution in [0.5, 0.6) is 0 Å². The van der Waals surface area contributed by atoms with E-state index < -0.39 is 0 Å². The normalized spacial score (nSPS) is 15.2. The van der Waals surface area contributed by atoms with E-state index in [1.54, 1.807) is 15.8 Å². The van der Waals surface area contributed by atoms with Gasteiger partial charge in [0.25, 0.3) is 5.91 Å². The Morgan fingerprint density at radius 1 is 1.13 bits per heavy atom. The van der Waals surface area contributed by atoms with Crippen molar-refractivity contribution in [3.8, 4) is 0 Å². The Kier molecular flexibility index (Phi) is 12.0. The maximum Gasteiger partial charge on any atom is 0.318 e. The molecule has 2 aromatic carbocycles. The first-order chi connectivity index (χ1) is 21.8. The SMILES string of the molecule is CC.CCCCN(CCC)C(=S)[C@@H]1CCCN1C(=O)NCc1ccc(C(=O)N2Cc3cnn(C)c3Nc3ccccc32)cc1C.[HH].[HH]. The molecule has 1 atom stereocenters. The number of anilines is 3. The van der Waals surface area contributed by atoms with Gasteiger partial charge in [0, 0.05) is 47.2 Å². The molecule has 0 saturated carbocycles. The second kappa shape index (κ2) is 15.9. The van der Waals surface area contributed by atoms with E-state index in [0.717, 1.165) is 84.1 Å². The Hall–Kier alpha value is -3.92. The van der Waals surface area contributed by atoms with Gasteiger partial charge in [-0.25, -0.2) is 4.79 Å². The van der Waals surface area contributed by atoms with Crippen molar-refractivity contribution in [3.05, 3.63) is 70.9 Å². The molecule has 3 amide bonds. The summed E-state index contributed by atoms with van der Waals surface area (Å²) in [5, 5.41) is 10.9. The van der Waals surface area contributed by atoms with Gasteiger partial charge in [-0.1, -0.05) is 64.5 Å². The molecule has 3 aromatic rings. The molecule has 0 aliphatic carbocycles. The number of rotatable bonds is 9. The molecule has 2 N–H and O–H groups in total. The highest BCUT2D eigenvalue weighted by Crippen LogP contribution is 2.36. The maximum atomic E-state index is 13.9. The van der Waals surface area contributed by atoms with E-state index in [-0.39, 0.29) is 20.8 Å². The summed E-state index contributed by atoms with van der Waals surface area (Å²) in [6, 6.07) is 13.4. The highest BCUT2D eigenvalue weighted by Gasteiger charge is 2.34. The summed E-state index contributed by atoms with van der Waals surface area (Å²) in [5.41, 5.74) is 5.16. The second-order valence-electron chi connectivity index (χ2n) is 11.5. The Morgan fingerprint density at radius 2 is 1.91 bits per heavy atom. The van der Waals surface area contributed by atoms with Crippen LogP contribution in [0.4, 0.5) is 22.0 Å². The Balaban J connectivity index is 0.00000188. The lowest BCUT2D eigenvalue weighted by molar-refractivity contribution is 0.0985. The van der Waals surface area contributed by atoms with Crippen LogP contribution in [0.15, 0.2) is 48.7 Å². The van der Waals surface area contributed by atoms with Crippen molar-refractivity contribution in [2.45, 2.75) is 85.9 Å². The third kappa shape index (κ3) is 7.66. The molecule has 2 aliphatic heterocycles. The summed E-state index contributed by atoms with van der Waals surface area (Å²) in [7, 11) is 1.89. The van der Waals surface area contributed by atoms with E-state index in [1.807, 2.05) is 75.2 Å². The lowest BCUT2D eigenvalue weighted by atomic mass is 10.0. The van der Waals surface area contributed by atoms with Gasteiger partial charge < -0.3 is 25.3 Å². The number of unbranched alkanes of at least 4 members (excludes halogenated alkanes) is 1. The van der Waals surface area contributed by atoms with Gasteiger partial charge in [-0.2, -0.15) is 5.10 Å². The maximum absolute atomic E-state index is 13.9. The van der Waals surface area contributed by atoms with Crippen LogP contribution >= 0.6 is 12.2 Å². The molecular weight excluding hydrogens is 582 g/mol. The van der Waals surface area contributed by atoms with Crippen LogP contribution in [0.25, 0.3) is 0 Å². The van der Waals surface area contributed by atoms with Crippen molar-refractivity contribution >= 4 is 46.3 Å². The van der Waals surface area contributed by atoms with Gasteiger partial charge in [0.2, 0.25) is 0 Å². The van der Waals surface area contributed by atoms with Gasteiger partial charge in [0.05, 0.1) is 30.2 Å². The lowest BCUT2D eigenvalue weighted by Gasteiger charge is -2.33. The fraction of sp³-hybridized carbons (Fsp3) is 0.486. The number of hydrogen-bond acceptors (Lipinski definition) is 5. The predicted octanol–water partition coefficient (Wildman–Crippen LogP) is 7.66. The number of thiocarbonyl (C=S) groups is 1. The zero-order chi connectivity index (χ0) is 32.5. The first kappa shape index (κ1) is 34.0. The number of nitrogens with zero attached hydrogens (tertiary/aromatic N) is 5. The molecule has 1 aromatic heterocycles. The van der Waals surface area contributed by atoms with Crippen molar-refractivity contribution in [2.24, 2.45) is 7.05 Å². The molecule has 1 saturated heterocycles. The monoisotopic (exact) mass is 635 g/mol. The summed E-state index contributed by atoms with van der Waals surface area (Å²) in [5.74, 6) is 0.794. The predicted molar refractivity (Wildman–Crippen MR) is 192 cm³/mol. The molecular formula is C35H53N7O2S. The van der Waals surface area contributed by atoms with E-state index in [0.29, 0.717) is 25.2 Å². The minimum absolute atomic E-state index is 0. The number of aromatic nitrogens is 2. The van der Waals surface area contributed by atoms with Crippen molar-refractivity contribution in [1.29, 1.82) is 0 Å². The first-order valence-electron chi connectivity index (χ1n) is 16.4. The third-order valence-corrected chi connectivity index (χ3v) is 8.97. The fourth-order valence-electron chi connectivity index (χ4n) is 6.02. The van der Waals surface area contributed by atoms with Crippen LogP contribution in [0.2, 0.25) is 0 Å². The topological polar surface area (TPSA) is 85.7 Å². The van der Waals surface area contributed by atoms with Gasteiger partial charge in [-0.05, 0) is 68.0 Å². The molecule has 3 heterocycles. The number of carbonyl (C=O) groups excluding carboxylic acids is 2. The van der Waals surface area contributed by atoms with Gasteiger partial charge in [-0.3, -0.25) is 9.48 Å². The smallest absolute Gasteiger partial charge is 0.318 e. The molecule has 10 heteroatoms. The van der Waals surface area contributed by atoms with Crippen LogP contribution in [0, 0.1) is 6.92 Å². The minimum atomic E-state index is -0.0858. The number of likely N-dealkylation sites (tertiary alicyclic amines) is 1. The van der Waals surface area contributed by atoms with Gasteiger partial charge in [-0.15, -0.1) is 0 Å². The quantitative estimate of drug-likeness (QED) is 0.235. The summed E-state index contributed by atoms with van der Waals surface area (Å²) >= 11 is 5.92. The average Bonchev–Trinajstić information content (AvgIpc) is 3.64. The number of fused-ring (bicyclic) bond motifs is 2. The van der Waals surface area contributed by atoms with E-state index in [1.165, 1.54) is 0 Å². The molecule has 0 spiro atoms. The molecule has 0 unspecified atom stereocenters. The van der Waals surface area contributed by atoms with Crippen molar-refractivity contribution in [3.63, 3.8) is 0 Å². The van der Waals surface area contributed by atoms with E-state index in [9.17, 15) is 9.59 Å². The largest absolute Gasteiger partial charge is 0.364 e. The number of carbonyl (C=O) groups is 2. The van der Waals surface area contributed by atoms with Crippen molar-refractivity contribution in [2.75, 3.05) is 29.9 Å². The minimum Gasteiger partial charge on any atom is -0.364 e. The Bertz CT molecular complexity index is 1500. The van der Waals surface area contributed by atoms with Crippen LogP contribution in [-0.4, -0.2) is 62.2 Å². The summed E-state index contributed by atoms with van der Waals surface area (Å²) in [6.45, 7) is 13.7. The van der Waals surface area contributed by atoms with Crippen molar-refractivity contribution < 1.29 is 12.4 Å². The molecule has 0 bridgehead atoms. The van der Waals surface area contributed by atoms with Crippen LogP contribution in [-0.2, 0) is 20.1 Å². The second-order valence-corrected chi connectivity index (χ2v) is 11.9. The Labute approximate surface area is 276 Å². The molecule has 5 rings (SSSR count). The summed E-state index contributed by atoms with van der Waals surface area (Å²) in [6.07, 6.45) is 6.92. The zero-order valence-corrected chi connectivity index (χ0v) is 28.5. The number of aryl methyl sites for hydroxylation is 2. The zero-order valence-electron chi connectivity index (χ0n) is 27.7. The molecule has 1 fully saturated rings. The van der Waals surface area contributed by atoms with Crippen LogP contribution < -0.4 is 15.5 Å². The lowest BCUT2D eigenvalue weighted by Crippen LogP contribution is -2.50. The van der Waals surface area contributed by atoms with Crippen LogP contribution in [0.3, 0.4) is 0 Å². The number of benzene rings is 2. The van der Waals surface area contributed by atoms with Gasteiger partial charge in [0.15, 0.2) is 0 Å². The first-order valence-corrected chi connectivity index (χ1v) is 16.8. The number of nitrogens with one attached hydrogen (secondary N) is 2. The standard InChI is InChI=1S/C33H43N7O2S.C2H6.2H2/c1-5-7-17-38(16-6-2)32(43)29-13-10-18-39(29)33(42)34-20-25-15-14-24(19-23(25)3)31(41)40-22-26-21-35-37(4)30(26)36-27-11-8-9-12-28(27)40;1-2;;/h8-9,11-12,14-15,19,21,29,36H,5-7,10,13,16-18,20,22H2,1-4H3,(H,34,42);1-2H3;2*1H/t29-;;;/m0.../s1. The van der Waals surface area contributed by atoms with Gasteiger partial charge >= 0.3 is 6.03 Å². The third-order valence-electron chi connectivity index (χ3n) is 8.44. The van der Waals surface area contributed by atoms with Crippen LogP contribution in [0.1, 0.15) is 89.7 Å². The highest BCUT2D eigenvalue weighted by atomic mass is 32.1. The summed E-state index contributed by atoms with van der Waals surface area (Å²) < 4.78 is 1.79. The number of amides is 3. The van der Waals surface area contributed by atoms with Crippen molar-refractivity contribution in [1.82, 2.24) is 24.9 Å². The number of hydrogen-bond donors (Lipinski definition) is 2. The molecule has 9 nitrogen and oxygen atoms in total. The number of urea groups is 1. The molecule has 0 radical (unpaired) electrons. The molecule has 45 heavy (non-hydrogen) atoms. The Morgan fingerprint density at radius 3 is 2.64 bits per heavy atom. The van der Waals surface area contributed by atoms with E-state index in [4.69, 9.17) is 12.2 Å².